The lowest BCUT2D eigenvalue weighted by molar-refractivity contribution is 0.181. The third-order valence-corrected chi connectivity index (χ3v) is 3.52. The average Bonchev–Trinajstić information content (AvgIpc) is 2.34. The summed E-state index contributed by atoms with van der Waals surface area (Å²) < 4.78 is 10.3. The number of alkyl halides is 1. The molecule has 1 atom stereocenters. The number of ether oxygens (including phenoxy) is 2. The largest absolute Gasteiger partial charge is 0.497 e. The number of hydrogen-bond acceptors (Lipinski definition) is 2. The summed E-state index contributed by atoms with van der Waals surface area (Å²) in [5.41, 5.74) is 1.32. The molecule has 3 heteroatoms. The Morgan fingerprint density at radius 3 is 2.75 bits per heavy atom. The minimum Gasteiger partial charge on any atom is -0.497 e. The topological polar surface area (TPSA) is 18.5 Å². The van der Waals surface area contributed by atoms with Crippen LogP contribution in [0.5, 0.6) is 5.75 Å². The first kappa shape index (κ1) is 13.5. The molecule has 0 spiro atoms. The van der Waals surface area contributed by atoms with Crippen molar-refractivity contribution in [3.05, 3.63) is 29.8 Å². The summed E-state index contributed by atoms with van der Waals surface area (Å²) >= 11 is 3.55. The van der Waals surface area contributed by atoms with Crippen LogP contribution < -0.4 is 4.74 Å². The second-order valence-electron chi connectivity index (χ2n) is 3.86. The molecule has 90 valence electrons. The Balaban J connectivity index is 2.55. The van der Waals surface area contributed by atoms with Crippen molar-refractivity contribution < 1.29 is 9.47 Å². The number of hydrogen-bond donors (Lipinski definition) is 0. The third-order valence-electron chi connectivity index (χ3n) is 2.61. The Kier molecular flexibility index (Phi) is 6.50. The Hall–Kier alpha value is -0.540. The summed E-state index contributed by atoms with van der Waals surface area (Å²) in [7, 11) is 3.45. The van der Waals surface area contributed by atoms with Gasteiger partial charge in [0.2, 0.25) is 0 Å². The van der Waals surface area contributed by atoms with Crippen molar-refractivity contribution in [2.45, 2.75) is 12.8 Å². The molecular weight excluding hydrogens is 268 g/mol. The van der Waals surface area contributed by atoms with E-state index in [1.165, 1.54) is 5.56 Å². The summed E-state index contributed by atoms with van der Waals surface area (Å²) in [6, 6.07) is 8.25. The molecule has 0 saturated carbocycles. The Morgan fingerprint density at radius 2 is 2.12 bits per heavy atom. The van der Waals surface area contributed by atoms with Gasteiger partial charge in [-0.3, -0.25) is 0 Å². The highest BCUT2D eigenvalue weighted by atomic mass is 79.9. The molecule has 0 radical (unpaired) electrons. The summed E-state index contributed by atoms with van der Waals surface area (Å²) in [4.78, 5) is 0. The van der Waals surface area contributed by atoms with E-state index >= 15 is 0 Å². The molecule has 0 aliphatic rings. The van der Waals surface area contributed by atoms with Crippen LogP contribution in [0.1, 0.15) is 12.0 Å². The van der Waals surface area contributed by atoms with Crippen LogP contribution in [-0.4, -0.2) is 26.2 Å². The zero-order chi connectivity index (χ0) is 11.8. The van der Waals surface area contributed by atoms with Gasteiger partial charge >= 0.3 is 0 Å². The minimum absolute atomic E-state index is 0.618. The SMILES string of the molecule is COCCC(CBr)Cc1cccc(OC)c1. The number of rotatable bonds is 7. The van der Waals surface area contributed by atoms with E-state index in [0.29, 0.717) is 5.92 Å². The molecule has 0 aromatic heterocycles. The molecule has 0 saturated heterocycles. The second kappa shape index (κ2) is 7.69. The van der Waals surface area contributed by atoms with Crippen molar-refractivity contribution in [3.8, 4) is 5.75 Å². The van der Waals surface area contributed by atoms with Crippen LogP contribution in [0.15, 0.2) is 24.3 Å². The Bertz CT molecular complexity index is 302. The summed E-state index contributed by atoms with van der Waals surface area (Å²) in [5, 5.41) is 1.01. The van der Waals surface area contributed by atoms with Gasteiger partial charge in [-0.25, -0.2) is 0 Å². The Morgan fingerprint density at radius 1 is 1.31 bits per heavy atom. The molecule has 1 aromatic carbocycles. The van der Waals surface area contributed by atoms with Gasteiger partial charge in [-0.15, -0.1) is 0 Å². The molecule has 2 nitrogen and oxygen atoms in total. The zero-order valence-corrected chi connectivity index (χ0v) is 11.5. The van der Waals surface area contributed by atoms with E-state index in [0.717, 1.165) is 30.5 Å². The quantitative estimate of drug-likeness (QED) is 0.716. The summed E-state index contributed by atoms with van der Waals surface area (Å²) in [6.45, 7) is 0.820. The van der Waals surface area contributed by atoms with Gasteiger partial charge in [0, 0.05) is 19.0 Å². The van der Waals surface area contributed by atoms with Crippen LogP contribution in [0.4, 0.5) is 0 Å². The molecule has 0 fully saturated rings. The van der Waals surface area contributed by atoms with Crippen LogP contribution in [-0.2, 0) is 11.2 Å². The molecular formula is C13H19BrO2. The molecule has 0 aliphatic carbocycles. The number of methoxy groups -OCH3 is 2. The lowest BCUT2D eigenvalue weighted by atomic mass is 9.98. The van der Waals surface area contributed by atoms with Crippen LogP contribution in [0, 0.1) is 5.92 Å². The van der Waals surface area contributed by atoms with Gasteiger partial charge in [0.1, 0.15) is 5.75 Å². The zero-order valence-electron chi connectivity index (χ0n) is 9.91. The minimum atomic E-state index is 0.618. The van der Waals surface area contributed by atoms with Crippen molar-refractivity contribution in [2.75, 3.05) is 26.2 Å². The van der Waals surface area contributed by atoms with E-state index in [2.05, 4.69) is 28.1 Å². The maximum Gasteiger partial charge on any atom is 0.119 e. The first-order valence-corrected chi connectivity index (χ1v) is 6.60. The standard InChI is InChI=1S/C13H19BrO2/c1-15-7-6-12(10-14)8-11-4-3-5-13(9-11)16-2/h3-5,9,12H,6-8,10H2,1-2H3. The van der Waals surface area contributed by atoms with Crippen LogP contribution in [0.3, 0.4) is 0 Å². The fraction of sp³-hybridized carbons (Fsp3) is 0.538. The first-order valence-electron chi connectivity index (χ1n) is 5.48. The van der Waals surface area contributed by atoms with Crippen LogP contribution in [0.2, 0.25) is 0 Å². The van der Waals surface area contributed by atoms with Gasteiger partial charge in [0.25, 0.3) is 0 Å². The van der Waals surface area contributed by atoms with Gasteiger partial charge in [-0.2, -0.15) is 0 Å². The van der Waals surface area contributed by atoms with Crippen molar-refractivity contribution in [2.24, 2.45) is 5.92 Å². The molecule has 0 amide bonds. The van der Waals surface area contributed by atoms with E-state index in [4.69, 9.17) is 9.47 Å². The van der Waals surface area contributed by atoms with Crippen LogP contribution in [0.25, 0.3) is 0 Å². The molecule has 0 bridgehead atoms. The van der Waals surface area contributed by atoms with Crippen molar-refractivity contribution in [1.29, 1.82) is 0 Å². The maximum atomic E-state index is 5.21. The molecule has 0 N–H and O–H groups in total. The van der Waals surface area contributed by atoms with E-state index < -0.39 is 0 Å². The highest BCUT2D eigenvalue weighted by Crippen LogP contribution is 2.19. The molecule has 1 rings (SSSR count). The lowest BCUT2D eigenvalue weighted by Gasteiger charge is -2.13. The summed E-state index contributed by atoms with van der Waals surface area (Å²) in [5.74, 6) is 1.55. The van der Waals surface area contributed by atoms with E-state index in [1.54, 1.807) is 14.2 Å². The Labute approximate surface area is 106 Å². The molecule has 1 unspecified atom stereocenters. The molecule has 0 aliphatic heterocycles. The number of halogens is 1. The smallest absolute Gasteiger partial charge is 0.119 e. The first-order chi connectivity index (χ1) is 7.80. The third kappa shape index (κ3) is 4.54. The lowest BCUT2D eigenvalue weighted by Crippen LogP contribution is -2.09. The highest BCUT2D eigenvalue weighted by molar-refractivity contribution is 9.09. The fourth-order valence-electron chi connectivity index (χ4n) is 1.65. The molecule has 16 heavy (non-hydrogen) atoms. The second-order valence-corrected chi connectivity index (χ2v) is 4.50. The molecule has 0 heterocycles. The van der Waals surface area contributed by atoms with Gasteiger partial charge in [0.15, 0.2) is 0 Å². The van der Waals surface area contributed by atoms with Gasteiger partial charge in [-0.05, 0) is 36.5 Å². The van der Waals surface area contributed by atoms with Gasteiger partial charge < -0.3 is 9.47 Å². The van der Waals surface area contributed by atoms with Gasteiger partial charge in [0.05, 0.1) is 7.11 Å². The normalized spacial score (nSPS) is 12.4. The monoisotopic (exact) mass is 286 g/mol. The fourth-order valence-corrected chi connectivity index (χ4v) is 2.20. The van der Waals surface area contributed by atoms with E-state index in [-0.39, 0.29) is 0 Å². The average molecular weight is 287 g/mol. The van der Waals surface area contributed by atoms with Crippen molar-refractivity contribution in [3.63, 3.8) is 0 Å². The van der Waals surface area contributed by atoms with Crippen LogP contribution >= 0.6 is 15.9 Å². The summed E-state index contributed by atoms with van der Waals surface area (Å²) in [6.07, 6.45) is 2.14. The van der Waals surface area contributed by atoms with Crippen molar-refractivity contribution in [1.82, 2.24) is 0 Å². The molecule has 1 aromatic rings. The van der Waals surface area contributed by atoms with Gasteiger partial charge in [-0.1, -0.05) is 28.1 Å². The highest BCUT2D eigenvalue weighted by Gasteiger charge is 2.08. The predicted octanol–water partition coefficient (Wildman–Crippen LogP) is 3.29. The predicted molar refractivity (Wildman–Crippen MR) is 70.5 cm³/mol. The van der Waals surface area contributed by atoms with E-state index in [9.17, 15) is 0 Å². The van der Waals surface area contributed by atoms with E-state index in [1.807, 2.05) is 12.1 Å². The van der Waals surface area contributed by atoms with Crippen molar-refractivity contribution >= 4 is 15.9 Å². The maximum absolute atomic E-state index is 5.21. The number of benzene rings is 1.